The molecule has 3 rings (SSSR count). The van der Waals surface area contributed by atoms with Gasteiger partial charge in [-0.1, -0.05) is 17.7 Å². The van der Waals surface area contributed by atoms with Crippen LogP contribution in [0.5, 0.6) is 0 Å². The van der Waals surface area contributed by atoms with E-state index in [2.05, 4.69) is 10.3 Å². The summed E-state index contributed by atoms with van der Waals surface area (Å²) in [6.07, 6.45) is 3.06. The molecular weight excluding hydrogens is 291 g/mol. The topological polar surface area (TPSA) is 38.1 Å². The lowest BCUT2D eigenvalue weighted by atomic mass is 10.1. The maximum atomic E-state index is 13.3. The molecule has 0 aliphatic carbocycles. The predicted octanol–water partition coefficient (Wildman–Crippen LogP) is 4.75. The van der Waals surface area contributed by atoms with Crippen molar-refractivity contribution in [2.75, 3.05) is 5.32 Å². The Morgan fingerprint density at radius 1 is 1.14 bits per heavy atom. The van der Waals surface area contributed by atoms with Gasteiger partial charge in [-0.15, -0.1) is 0 Å². The average molecular weight is 303 g/mol. The van der Waals surface area contributed by atoms with Gasteiger partial charge in [0.1, 0.15) is 5.82 Å². The summed E-state index contributed by atoms with van der Waals surface area (Å²) in [5.74, 6) is 0.318. The van der Waals surface area contributed by atoms with Gasteiger partial charge in [-0.25, -0.2) is 9.37 Å². The third kappa shape index (κ3) is 3.23. The van der Waals surface area contributed by atoms with E-state index in [4.69, 9.17) is 16.0 Å². The van der Waals surface area contributed by atoms with Gasteiger partial charge in [0.2, 0.25) is 0 Å². The molecule has 0 atom stereocenters. The molecule has 0 aliphatic heterocycles. The van der Waals surface area contributed by atoms with E-state index in [0.717, 1.165) is 22.6 Å². The van der Waals surface area contributed by atoms with Crippen LogP contribution in [0.4, 0.5) is 10.1 Å². The van der Waals surface area contributed by atoms with Crippen LogP contribution < -0.4 is 5.32 Å². The highest BCUT2D eigenvalue weighted by Gasteiger charge is 2.03. The van der Waals surface area contributed by atoms with Crippen LogP contribution in [-0.2, 0) is 6.54 Å². The van der Waals surface area contributed by atoms with Crippen LogP contribution in [0.25, 0.3) is 11.3 Å². The highest BCUT2D eigenvalue weighted by molar-refractivity contribution is 6.30. The van der Waals surface area contributed by atoms with Crippen LogP contribution >= 0.6 is 11.6 Å². The normalized spacial score (nSPS) is 10.6. The van der Waals surface area contributed by atoms with Crippen molar-refractivity contribution in [1.29, 1.82) is 0 Å². The SMILES string of the molecule is Fc1cc(CNc2ccc(-c3cnco3)cc2)ccc1Cl. The van der Waals surface area contributed by atoms with Crippen LogP contribution in [-0.4, -0.2) is 4.98 Å². The second-order valence-electron chi connectivity index (χ2n) is 4.55. The Kier molecular flexibility index (Phi) is 3.88. The van der Waals surface area contributed by atoms with Crippen LogP contribution in [0.2, 0.25) is 5.02 Å². The lowest BCUT2D eigenvalue weighted by Crippen LogP contribution is -1.99. The lowest BCUT2D eigenvalue weighted by Gasteiger charge is -2.07. The van der Waals surface area contributed by atoms with E-state index in [0.29, 0.717) is 6.54 Å². The molecule has 1 heterocycles. The number of oxazole rings is 1. The van der Waals surface area contributed by atoms with Crippen molar-refractivity contribution >= 4 is 17.3 Å². The first-order valence-corrected chi connectivity index (χ1v) is 6.77. The van der Waals surface area contributed by atoms with Gasteiger partial charge < -0.3 is 9.73 Å². The smallest absolute Gasteiger partial charge is 0.181 e. The van der Waals surface area contributed by atoms with Gasteiger partial charge in [0.15, 0.2) is 12.2 Å². The molecule has 3 nitrogen and oxygen atoms in total. The highest BCUT2D eigenvalue weighted by Crippen LogP contribution is 2.21. The molecule has 3 aromatic rings. The van der Waals surface area contributed by atoms with Gasteiger partial charge in [-0.3, -0.25) is 0 Å². The summed E-state index contributed by atoms with van der Waals surface area (Å²) in [6, 6.07) is 12.5. The largest absolute Gasteiger partial charge is 0.444 e. The van der Waals surface area contributed by atoms with Crippen molar-refractivity contribution < 1.29 is 8.81 Å². The van der Waals surface area contributed by atoms with Crippen molar-refractivity contribution in [2.45, 2.75) is 6.54 Å². The fraction of sp³-hybridized carbons (Fsp3) is 0.0625. The van der Waals surface area contributed by atoms with E-state index in [1.165, 1.54) is 12.5 Å². The van der Waals surface area contributed by atoms with Crippen molar-refractivity contribution in [1.82, 2.24) is 4.98 Å². The molecule has 0 unspecified atom stereocenters. The summed E-state index contributed by atoms with van der Waals surface area (Å²) in [4.78, 5) is 3.88. The van der Waals surface area contributed by atoms with E-state index >= 15 is 0 Å². The summed E-state index contributed by atoms with van der Waals surface area (Å²) in [6.45, 7) is 0.524. The Balaban J connectivity index is 1.66. The Morgan fingerprint density at radius 3 is 2.62 bits per heavy atom. The van der Waals surface area contributed by atoms with Gasteiger partial charge in [0.05, 0.1) is 11.2 Å². The molecule has 5 heteroatoms. The molecule has 0 fully saturated rings. The fourth-order valence-corrected chi connectivity index (χ4v) is 2.08. The van der Waals surface area contributed by atoms with Crippen LogP contribution in [0.15, 0.2) is 59.5 Å². The van der Waals surface area contributed by atoms with Gasteiger partial charge in [-0.05, 0) is 42.0 Å². The molecule has 1 aromatic heterocycles. The molecule has 106 valence electrons. The maximum Gasteiger partial charge on any atom is 0.181 e. The summed E-state index contributed by atoms with van der Waals surface area (Å²) >= 11 is 5.65. The number of rotatable bonds is 4. The first kappa shape index (κ1) is 13.6. The van der Waals surface area contributed by atoms with Gasteiger partial charge in [-0.2, -0.15) is 0 Å². The third-order valence-electron chi connectivity index (χ3n) is 3.08. The fourth-order valence-electron chi connectivity index (χ4n) is 1.96. The van der Waals surface area contributed by atoms with Crippen molar-refractivity contribution in [3.05, 3.63) is 71.5 Å². The average Bonchev–Trinajstić information content (AvgIpc) is 3.03. The summed E-state index contributed by atoms with van der Waals surface area (Å²) < 4.78 is 18.6. The number of aromatic nitrogens is 1. The van der Waals surface area contributed by atoms with Crippen molar-refractivity contribution in [3.63, 3.8) is 0 Å². The minimum Gasteiger partial charge on any atom is -0.444 e. The molecule has 0 spiro atoms. The molecule has 0 amide bonds. The molecule has 21 heavy (non-hydrogen) atoms. The zero-order valence-electron chi connectivity index (χ0n) is 11.0. The first-order valence-electron chi connectivity index (χ1n) is 6.39. The third-order valence-corrected chi connectivity index (χ3v) is 3.39. The second-order valence-corrected chi connectivity index (χ2v) is 4.95. The Morgan fingerprint density at radius 2 is 1.95 bits per heavy atom. The number of nitrogens with one attached hydrogen (secondary N) is 1. The summed E-state index contributed by atoms with van der Waals surface area (Å²) in [5, 5.41) is 3.36. The van der Waals surface area contributed by atoms with Crippen LogP contribution in [0, 0.1) is 5.82 Å². The minimum atomic E-state index is -0.406. The van der Waals surface area contributed by atoms with Crippen LogP contribution in [0.1, 0.15) is 5.56 Å². The van der Waals surface area contributed by atoms with Gasteiger partial charge >= 0.3 is 0 Å². The van der Waals surface area contributed by atoms with E-state index < -0.39 is 5.82 Å². The van der Waals surface area contributed by atoms with Gasteiger partial charge in [0, 0.05) is 17.8 Å². The molecular formula is C16H12ClFN2O. The number of nitrogens with zero attached hydrogens (tertiary/aromatic N) is 1. The standard InChI is InChI=1S/C16H12ClFN2O/c17-14-6-1-11(7-15(14)18)8-20-13-4-2-12(3-5-13)16-9-19-10-21-16/h1-7,9-10,20H,8H2. The Hall–Kier alpha value is -2.33. The summed E-state index contributed by atoms with van der Waals surface area (Å²) in [7, 11) is 0. The van der Waals surface area contributed by atoms with Crippen LogP contribution in [0.3, 0.4) is 0 Å². The molecule has 2 aromatic carbocycles. The lowest BCUT2D eigenvalue weighted by molar-refractivity contribution is 0.572. The zero-order chi connectivity index (χ0) is 14.7. The van der Waals surface area contributed by atoms with E-state index in [1.54, 1.807) is 18.3 Å². The summed E-state index contributed by atoms with van der Waals surface area (Å²) in [5.41, 5.74) is 2.72. The van der Waals surface area contributed by atoms with Gasteiger partial charge in [0.25, 0.3) is 0 Å². The number of hydrogen-bond acceptors (Lipinski definition) is 3. The molecule has 0 aliphatic rings. The Bertz CT molecular complexity index is 727. The molecule has 0 saturated carbocycles. The quantitative estimate of drug-likeness (QED) is 0.756. The number of hydrogen-bond donors (Lipinski definition) is 1. The maximum absolute atomic E-state index is 13.3. The number of halogens is 2. The van der Waals surface area contributed by atoms with E-state index in [1.807, 2.05) is 24.3 Å². The second kappa shape index (κ2) is 5.97. The number of anilines is 1. The molecule has 0 bridgehead atoms. The predicted molar refractivity (Wildman–Crippen MR) is 80.7 cm³/mol. The molecule has 0 saturated heterocycles. The number of benzene rings is 2. The molecule has 0 radical (unpaired) electrons. The first-order chi connectivity index (χ1) is 10.2. The van der Waals surface area contributed by atoms with E-state index in [-0.39, 0.29) is 5.02 Å². The van der Waals surface area contributed by atoms with Crippen molar-refractivity contribution in [3.8, 4) is 11.3 Å². The Labute approximate surface area is 126 Å². The minimum absolute atomic E-state index is 0.134. The highest BCUT2D eigenvalue weighted by atomic mass is 35.5. The van der Waals surface area contributed by atoms with E-state index in [9.17, 15) is 4.39 Å². The zero-order valence-corrected chi connectivity index (χ0v) is 11.8. The van der Waals surface area contributed by atoms with Crippen molar-refractivity contribution in [2.24, 2.45) is 0 Å². The molecule has 1 N–H and O–H groups in total. The monoisotopic (exact) mass is 302 g/mol.